The molecule has 58 heavy (non-hydrogen) atoms. The fraction of sp³-hybridized carbons (Fsp3) is 0.849. The molecule has 0 spiro atoms. The van der Waals surface area contributed by atoms with E-state index in [4.69, 9.17) is 14.2 Å². The Hall–Kier alpha value is -1.88. The first kappa shape index (κ1) is 56.1. The van der Waals surface area contributed by atoms with Crippen molar-refractivity contribution in [1.29, 1.82) is 0 Å². The molecule has 0 saturated heterocycles. The van der Waals surface area contributed by atoms with Crippen molar-refractivity contribution in [3.63, 3.8) is 0 Å². The van der Waals surface area contributed by atoms with Crippen LogP contribution in [0.15, 0.2) is 36.5 Å². The van der Waals surface area contributed by atoms with Gasteiger partial charge in [-0.2, -0.15) is 0 Å². The van der Waals surface area contributed by atoms with Crippen LogP contribution in [-0.2, 0) is 23.8 Å². The van der Waals surface area contributed by atoms with Crippen molar-refractivity contribution in [2.45, 2.75) is 271 Å². The molecule has 0 aromatic heterocycles. The Labute approximate surface area is 361 Å². The van der Waals surface area contributed by atoms with Gasteiger partial charge >= 0.3 is 11.9 Å². The Balaban J connectivity index is 4.28. The first-order valence-electron chi connectivity index (χ1n) is 25.5. The maximum Gasteiger partial charge on any atom is 0.306 e. The molecule has 0 aromatic rings. The predicted molar refractivity (Wildman–Crippen MR) is 252 cm³/mol. The molecule has 0 heterocycles. The highest BCUT2D eigenvalue weighted by atomic mass is 16.6. The van der Waals surface area contributed by atoms with Gasteiger partial charge < -0.3 is 14.2 Å². The molecule has 0 N–H and O–H groups in total. The zero-order valence-corrected chi connectivity index (χ0v) is 39.1. The van der Waals surface area contributed by atoms with Gasteiger partial charge in [0.15, 0.2) is 6.10 Å². The summed E-state index contributed by atoms with van der Waals surface area (Å²) in [7, 11) is 0. The third-order valence-corrected chi connectivity index (χ3v) is 11.2. The molecule has 0 fully saturated rings. The van der Waals surface area contributed by atoms with E-state index in [2.05, 4.69) is 57.2 Å². The molecule has 0 radical (unpaired) electrons. The minimum Gasteiger partial charge on any atom is -0.462 e. The van der Waals surface area contributed by atoms with Crippen molar-refractivity contribution >= 4 is 11.9 Å². The first-order chi connectivity index (χ1) is 28.6. The number of hydrogen-bond acceptors (Lipinski definition) is 5. The van der Waals surface area contributed by atoms with E-state index in [9.17, 15) is 9.59 Å². The lowest BCUT2D eigenvalue weighted by atomic mass is 10.0. The minimum atomic E-state index is -0.548. The molecule has 0 aliphatic rings. The fourth-order valence-electron chi connectivity index (χ4n) is 7.34. The quantitative estimate of drug-likeness (QED) is 0.0348. The molecule has 0 amide bonds. The van der Waals surface area contributed by atoms with Crippen molar-refractivity contribution in [2.75, 3.05) is 19.8 Å². The van der Waals surface area contributed by atoms with E-state index in [-0.39, 0.29) is 25.2 Å². The largest absolute Gasteiger partial charge is 0.462 e. The van der Waals surface area contributed by atoms with Crippen LogP contribution < -0.4 is 0 Å². The van der Waals surface area contributed by atoms with E-state index >= 15 is 0 Å². The van der Waals surface area contributed by atoms with Gasteiger partial charge in [-0.25, -0.2) is 0 Å². The van der Waals surface area contributed by atoms with Gasteiger partial charge in [0.2, 0.25) is 0 Å². The second kappa shape index (κ2) is 49.5. The lowest BCUT2D eigenvalue weighted by Gasteiger charge is -2.18. The zero-order chi connectivity index (χ0) is 42.1. The van der Waals surface area contributed by atoms with Crippen molar-refractivity contribution in [2.24, 2.45) is 0 Å². The number of ether oxygens (including phenoxy) is 3. The van der Waals surface area contributed by atoms with Gasteiger partial charge in [-0.15, -0.1) is 0 Å². The van der Waals surface area contributed by atoms with Crippen LogP contribution in [0.1, 0.15) is 265 Å². The van der Waals surface area contributed by atoms with Gasteiger partial charge in [0.1, 0.15) is 6.61 Å². The molecule has 0 aliphatic heterocycles. The van der Waals surface area contributed by atoms with Crippen LogP contribution in [0, 0.1) is 0 Å². The second-order valence-corrected chi connectivity index (χ2v) is 17.1. The van der Waals surface area contributed by atoms with Gasteiger partial charge in [-0.05, 0) is 57.8 Å². The van der Waals surface area contributed by atoms with Crippen LogP contribution in [0.2, 0.25) is 0 Å². The van der Waals surface area contributed by atoms with Crippen LogP contribution in [0.25, 0.3) is 0 Å². The molecule has 1 atom stereocenters. The maximum absolute atomic E-state index is 12.8. The number of allylic oxidation sites excluding steroid dienone is 6. The predicted octanol–water partition coefficient (Wildman–Crippen LogP) is 17.0. The van der Waals surface area contributed by atoms with E-state index in [0.717, 1.165) is 57.8 Å². The van der Waals surface area contributed by atoms with Gasteiger partial charge in [0.05, 0.1) is 6.61 Å². The van der Waals surface area contributed by atoms with Crippen LogP contribution in [0.3, 0.4) is 0 Å². The zero-order valence-electron chi connectivity index (χ0n) is 39.1. The average Bonchev–Trinajstić information content (AvgIpc) is 3.22. The lowest BCUT2D eigenvalue weighted by Crippen LogP contribution is -2.30. The maximum atomic E-state index is 12.8. The Morgan fingerprint density at radius 1 is 0.379 bits per heavy atom. The van der Waals surface area contributed by atoms with Crippen molar-refractivity contribution in [3.05, 3.63) is 36.5 Å². The molecule has 0 rings (SSSR count). The van der Waals surface area contributed by atoms with Crippen LogP contribution in [-0.4, -0.2) is 37.9 Å². The van der Waals surface area contributed by atoms with Gasteiger partial charge in [-0.1, -0.05) is 231 Å². The highest BCUT2D eigenvalue weighted by Crippen LogP contribution is 2.15. The van der Waals surface area contributed by atoms with E-state index in [1.54, 1.807) is 0 Å². The molecule has 5 heteroatoms. The summed E-state index contributed by atoms with van der Waals surface area (Å²) in [5.74, 6) is -0.428. The summed E-state index contributed by atoms with van der Waals surface area (Å²) < 4.78 is 17.4. The van der Waals surface area contributed by atoms with Crippen molar-refractivity contribution in [1.82, 2.24) is 0 Å². The van der Waals surface area contributed by atoms with E-state index in [1.807, 2.05) is 0 Å². The molecule has 340 valence electrons. The van der Waals surface area contributed by atoms with Gasteiger partial charge in [0, 0.05) is 19.4 Å². The van der Waals surface area contributed by atoms with E-state index in [1.165, 1.54) is 173 Å². The Bertz CT molecular complexity index is 924. The summed E-state index contributed by atoms with van der Waals surface area (Å²) in [6, 6.07) is 0. The highest BCUT2D eigenvalue weighted by molar-refractivity contribution is 5.70. The van der Waals surface area contributed by atoms with Gasteiger partial charge in [0.25, 0.3) is 0 Å². The smallest absolute Gasteiger partial charge is 0.306 e. The number of rotatable bonds is 47. The first-order valence-corrected chi connectivity index (χ1v) is 25.5. The number of hydrogen-bond donors (Lipinski definition) is 0. The molecular weight excluding hydrogens is 717 g/mol. The molecule has 0 bridgehead atoms. The standard InChI is InChI=1S/C53H98O5/c1-4-7-10-13-16-19-22-24-26-28-30-33-36-39-42-45-48-56-49-51(50-57-52(54)46-43-40-37-34-31-21-18-15-12-9-6-3)58-53(55)47-44-41-38-35-32-29-27-25-23-20-17-14-11-8-5-2/h17,20,25,27,32,35,51H,4-16,18-19,21-24,26,28-31,33-34,36-50H2,1-3H3/b20-17-,27-25-,35-32-/t51-/m1/s1. The molecule has 0 aliphatic carbocycles. The second-order valence-electron chi connectivity index (χ2n) is 17.1. The van der Waals surface area contributed by atoms with E-state index < -0.39 is 6.10 Å². The third kappa shape index (κ3) is 46.8. The average molecular weight is 815 g/mol. The number of carbonyl (C=O) groups is 2. The number of esters is 2. The van der Waals surface area contributed by atoms with E-state index in [0.29, 0.717) is 19.4 Å². The number of carbonyl (C=O) groups excluding carboxylic acids is 2. The summed E-state index contributed by atoms with van der Waals surface area (Å²) in [6.07, 6.45) is 58.6. The Morgan fingerprint density at radius 2 is 0.724 bits per heavy atom. The summed E-state index contributed by atoms with van der Waals surface area (Å²) in [6.45, 7) is 7.79. The highest BCUT2D eigenvalue weighted by Gasteiger charge is 2.17. The lowest BCUT2D eigenvalue weighted by molar-refractivity contribution is -0.163. The van der Waals surface area contributed by atoms with Crippen LogP contribution in [0.4, 0.5) is 0 Å². The topological polar surface area (TPSA) is 61.8 Å². The van der Waals surface area contributed by atoms with Crippen LogP contribution >= 0.6 is 0 Å². The minimum absolute atomic E-state index is 0.0759. The summed E-state index contributed by atoms with van der Waals surface area (Å²) in [5, 5.41) is 0. The third-order valence-electron chi connectivity index (χ3n) is 11.2. The number of unbranched alkanes of at least 4 members (excludes halogenated alkanes) is 30. The molecule has 0 saturated carbocycles. The summed E-state index contributed by atoms with van der Waals surface area (Å²) >= 11 is 0. The summed E-state index contributed by atoms with van der Waals surface area (Å²) in [4.78, 5) is 25.3. The summed E-state index contributed by atoms with van der Waals surface area (Å²) in [5.41, 5.74) is 0. The van der Waals surface area contributed by atoms with Crippen LogP contribution in [0.5, 0.6) is 0 Å². The SMILES string of the molecule is CCCCC/C=C\C/C=C\C/C=C\CCCCC(=O)O[C@H](COCCCCCCCCCCCCCCCCCC)COC(=O)CCCCCCCCCCCCC. The Morgan fingerprint density at radius 3 is 1.19 bits per heavy atom. The molecule has 0 unspecified atom stereocenters. The Kier molecular flexibility index (Phi) is 47.9. The normalized spacial score (nSPS) is 12.4. The van der Waals surface area contributed by atoms with Gasteiger partial charge in [-0.3, -0.25) is 9.59 Å². The van der Waals surface area contributed by atoms with Crippen molar-refractivity contribution in [3.8, 4) is 0 Å². The molecule has 0 aromatic carbocycles. The molecular formula is C53H98O5. The monoisotopic (exact) mass is 815 g/mol. The fourth-order valence-corrected chi connectivity index (χ4v) is 7.34. The molecule has 5 nitrogen and oxygen atoms in total. The van der Waals surface area contributed by atoms with Crippen molar-refractivity contribution < 1.29 is 23.8 Å².